The number of aliphatic carboxylic acids is 1. The van der Waals surface area contributed by atoms with Crippen LogP contribution in [-0.4, -0.2) is 50.0 Å². The minimum Gasteiger partial charge on any atom is -0.480 e. The van der Waals surface area contributed by atoms with Gasteiger partial charge in [-0.05, 0) is 37.1 Å². The summed E-state index contributed by atoms with van der Waals surface area (Å²) in [6.45, 7) is 3.49. The van der Waals surface area contributed by atoms with Gasteiger partial charge >= 0.3 is 5.97 Å². The molecule has 0 radical (unpaired) electrons. The molecule has 0 fully saturated rings. The molecule has 1 heterocycles. The van der Waals surface area contributed by atoms with E-state index in [1.54, 1.807) is 6.92 Å². The molecule has 1 amide bonds. The number of benzene rings is 1. The summed E-state index contributed by atoms with van der Waals surface area (Å²) in [6.07, 6.45) is 2.04. The highest BCUT2D eigenvalue weighted by molar-refractivity contribution is 5.93. The van der Waals surface area contributed by atoms with Crippen molar-refractivity contribution < 1.29 is 19.1 Å². The third-order valence-electron chi connectivity index (χ3n) is 3.23. The Balaban J connectivity index is 2.26. The van der Waals surface area contributed by atoms with Crippen LogP contribution < -0.4 is 0 Å². The van der Waals surface area contributed by atoms with Crippen LogP contribution in [0.25, 0.3) is 5.69 Å². The number of amides is 1. The fraction of sp³-hybridized carbons (Fsp3) is 0.333. The van der Waals surface area contributed by atoms with E-state index in [-0.39, 0.29) is 11.5 Å². The quantitative estimate of drug-likeness (QED) is 0.874. The minimum absolute atomic E-state index is 0.0448. The first kappa shape index (κ1) is 16.6. The number of aryl methyl sites for hydroxylation is 1. The molecule has 0 saturated carbocycles. The van der Waals surface area contributed by atoms with Crippen LogP contribution in [0.1, 0.15) is 29.4 Å². The largest absolute Gasteiger partial charge is 0.480 e. The summed E-state index contributed by atoms with van der Waals surface area (Å²) in [4.78, 5) is 24.4. The van der Waals surface area contributed by atoms with E-state index < -0.39 is 18.4 Å². The molecule has 23 heavy (non-hydrogen) atoms. The lowest BCUT2D eigenvalue weighted by molar-refractivity contribution is -0.137. The van der Waals surface area contributed by atoms with Gasteiger partial charge in [-0.15, -0.1) is 5.10 Å². The highest BCUT2D eigenvalue weighted by Crippen LogP contribution is 2.15. The number of carboxylic acids is 1. The van der Waals surface area contributed by atoms with Crippen molar-refractivity contribution in [3.05, 3.63) is 41.5 Å². The van der Waals surface area contributed by atoms with E-state index in [1.165, 1.54) is 34.0 Å². The van der Waals surface area contributed by atoms with E-state index in [2.05, 4.69) is 10.3 Å². The van der Waals surface area contributed by atoms with Crippen LogP contribution in [0.3, 0.4) is 0 Å². The molecule has 0 atom stereocenters. The van der Waals surface area contributed by atoms with Gasteiger partial charge in [0, 0.05) is 6.54 Å². The van der Waals surface area contributed by atoms with Gasteiger partial charge in [0.2, 0.25) is 0 Å². The molecule has 0 saturated heterocycles. The van der Waals surface area contributed by atoms with E-state index in [0.717, 1.165) is 0 Å². The Kier molecular flexibility index (Phi) is 5.05. The Bertz CT molecular complexity index is 729. The molecular weight excluding hydrogens is 303 g/mol. The summed E-state index contributed by atoms with van der Waals surface area (Å²) in [5.41, 5.74) is 1.28. The summed E-state index contributed by atoms with van der Waals surface area (Å²) in [5.74, 6) is -1.95. The molecule has 0 unspecified atom stereocenters. The third kappa shape index (κ3) is 3.91. The predicted molar refractivity (Wildman–Crippen MR) is 79.9 cm³/mol. The van der Waals surface area contributed by atoms with Gasteiger partial charge < -0.3 is 10.0 Å². The Morgan fingerprint density at radius 3 is 2.74 bits per heavy atom. The van der Waals surface area contributed by atoms with Crippen molar-refractivity contribution in [2.24, 2.45) is 0 Å². The first-order valence-electron chi connectivity index (χ1n) is 7.12. The van der Waals surface area contributed by atoms with E-state index >= 15 is 0 Å². The molecular formula is C15H17FN4O3. The lowest BCUT2D eigenvalue weighted by atomic mass is 10.2. The average Bonchev–Trinajstić information content (AvgIpc) is 2.95. The maximum atomic E-state index is 13.1. The first-order chi connectivity index (χ1) is 10.9. The van der Waals surface area contributed by atoms with Crippen molar-refractivity contribution in [2.45, 2.75) is 20.3 Å². The van der Waals surface area contributed by atoms with Gasteiger partial charge in [-0.25, -0.2) is 9.07 Å². The van der Waals surface area contributed by atoms with Crippen LogP contribution in [0.2, 0.25) is 0 Å². The molecule has 2 aromatic rings. The van der Waals surface area contributed by atoms with Crippen LogP contribution in [0.15, 0.2) is 24.4 Å². The number of hydrogen-bond acceptors (Lipinski definition) is 4. The zero-order valence-electron chi connectivity index (χ0n) is 12.9. The van der Waals surface area contributed by atoms with Gasteiger partial charge in [0.1, 0.15) is 12.4 Å². The highest BCUT2D eigenvalue weighted by Gasteiger charge is 2.21. The number of nitrogens with zero attached hydrogens (tertiary/aromatic N) is 4. The number of carboxylic acid groups (broad SMARTS) is 1. The fourth-order valence-electron chi connectivity index (χ4n) is 2.20. The molecule has 122 valence electrons. The zero-order valence-corrected chi connectivity index (χ0v) is 12.9. The number of carbonyl (C=O) groups is 2. The monoisotopic (exact) mass is 320 g/mol. The Labute approximate surface area is 132 Å². The van der Waals surface area contributed by atoms with Crippen LogP contribution in [0, 0.1) is 12.7 Å². The van der Waals surface area contributed by atoms with Crippen molar-refractivity contribution >= 4 is 11.9 Å². The smallest absolute Gasteiger partial charge is 0.323 e. The summed E-state index contributed by atoms with van der Waals surface area (Å²) in [7, 11) is 0. The summed E-state index contributed by atoms with van der Waals surface area (Å²) < 4.78 is 14.5. The first-order valence-corrected chi connectivity index (χ1v) is 7.12. The van der Waals surface area contributed by atoms with Gasteiger partial charge in [0.05, 0.1) is 11.9 Å². The number of aromatic nitrogens is 3. The molecule has 0 spiro atoms. The molecule has 1 aromatic carbocycles. The zero-order chi connectivity index (χ0) is 17.0. The number of halogens is 1. The third-order valence-corrected chi connectivity index (χ3v) is 3.23. The van der Waals surface area contributed by atoms with Crippen molar-refractivity contribution in [2.75, 3.05) is 13.1 Å². The average molecular weight is 320 g/mol. The van der Waals surface area contributed by atoms with Gasteiger partial charge in [0.25, 0.3) is 5.91 Å². The van der Waals surface area contributed by atoms with E-state index in [0.29, 0.717) is 24.2 Å². The normalized spacial score (nSPS) is 10.6. The molecule has 1 N–H and O–H groups in total. The van der Waals surface area contributed by atoms with Crippen molar-refractivity contribution in [3.8, 4) is 5.69 Å². The summed E-state index contributed by atoms with van der Waals surface area (Å²) in [5, 5.41) is 16.6. The summed E-state index contributed by atoms with van der Waals surface area (Å²) >= 11 is 0. The molecule has 0 aliphatic rings. The van der Waals surface area contributed by atoms with Gasteiger partial charge in [0.15, 0.2) is 5.69 Å². The van der Waals surface area contributed by atoms with Gasteiger partial charge in [-0.3, -0.25) is 9.59 Å². The number of rotatable bonds is 6. The molecule has 7 nitrogen and oxygen atoms in total. The SMILES string of the molecule is CCCN(CC(=O)O)C(=O)c1cn(-c2ccc(F)cc2C)nn1. The van der Waals surface area contributed by atoms with E-state index in [1.807, 2.05) is 6.92 Å². The van der Waals surface area contributed by atoms with E-state index in [4.69, 9.17) is 5.11 Å². The standard InChI is InChI=1S/C15H17FN4O3/c1-3-6-19(9-14(21)22)15(23)12-8-20(18-17-12)13-5-4-11(16)7-10(13)2/h4-5,7-8H,3,6,9H2,1-2H3,(H,21,22). The van der Waals surface area contributed by atoms with Gasteiger partial charge in [-0.2, -0.15) is 0 Å². The fourth-order valence-corrected chi connectivity index (χ4v) is 2.20. The second-order valence-electron chi connectivity index (χ2n) is 5.10. The van der Waals surface area contributed by atoms with Gasteiger partial charge in [-0.1, -0.05) is 12.1 Å². The van der Waals surface area contributed by atoms with E-state index in [9.17, 15) is 14.0 Å². The molecule has 0 aliphatic carbocycles. The van der Waals surface area contributed by atoms with Crippen LogP contribution in [-0.2, 0) is 4.79 Å². The van der Waals surface area contributed by atoms with Crippen LogP contribution in [0.4, 0.5) is 4.39 Å². The number of hydrogen-bond donors (Lipinski definition) is 1. The number of carbonyl (C=O) groups excluding carboxylic acids is 1. The topological polar surface area (TPSA) is 88.3 Å². The predicted octanol–water partition coefficient (Wildman–Crippen LogP) is 1.65. The second-order valence-corrected chi connectivity index (χ2v) is 5.10. The van der Waals surface area contributed by atoms with Crippen molar-refractivity contribution in [1.29, 1.82) is 0 Å². The second kappa shape index (κ2) is 6.99. The maximum absolute atomic E-state index is 13.1. The lowest BCUT2D eigenvalue weighted by Crippen LogP contribution is -2.36. The van der Waals surface area contributed by atoms with Crippen LogP contribution >= 0.6 is 0 Å². The molecule has 2 rings (SSSR count). The van der Waals surface area contributed by atoms with Crippen LogP contribution in [0.5, 0.6) is 0 Å². The molecule has 0 aliphatic heterocycles. The Morgan fingerprint density at radius 2 is 2.13 bits per heavy atom. The highest BCUT2D eigenvalue weighted by atomic mass is 19.1. The molecule has 1 aromatic heterocycles. The molecule has 0 bridgehead atoms. The minimum atomic E-state index is -1.09. The van der Waals surface area contributed by atoms with Crippen molar-refractivity contribution in [3.63, 3.8) is 0 Å². The Morgan fingerprint density at radius 1 is 1.39 bits per heavy atom. The maximum Gasteiger partial charge on any atom is 0.323 e. The molecule has 8 heteroatoms. The summed E-state index contributed by atoms with van der Waals surface area (Å²) in [6, 6.07) is 4.18. The van der Waals surface area contributed by atoms with Crippen molar-refractivity contribution in [1.82, 2.24) is 19.9 Å². The lowest BCUT2D eigenvalue weighted by Gasteiger charge is -2.18. The Hall–Kier alpha value is -2.77.